The molecule has 4 nitrogen and oxygen atoms in total. The lowest BCUT2D eigenvalue weighted by Gasteiger charge is -2.23. The first-order valence-electron chi connectivity index (χ1n) is 5.99. The van der Waals surface area contributed by atoms with Gasteiger partial charge in [-0.15, -0.1) is 0 Å². The highest BCUT2D eigenvalue weighted by Gasteiger charge is 2.22. The second-order valence-corrected chi connectivity index (χ2v) is 4.28. The summed E-state index contributed by atoms with van der Waals surface area (Å²) in [5.41, 5.74) is 6.47. The zero-order valence-electron chi connectivity index (χ0n) is 9.82. The van der Waals surface area contributed by atoms with Gasteiger partial charge in [-0.1, -0.05) is 6.92 Å². The number of nitrogens with zero attached hydrogens (tertiary/aromatic N) is 2. The van der Waals surface area contributed by atoms with E-state index in [9.17, 15) is 0 Å². The standard InChI is InChI=1S/C12H20N4/c1-2-16-7-3-4-11(16)9-15-12-8-10(13)5-6-14-12/h5-6,8,11H,2-4,7,9H2,1H3,(H3,13,14,15). The third-order valence-electron chi connectivity index (χ3n) is 3.21. The van der Waals surface area contributed by atoms with Crippen LogP contribution in [0, 0.1) is 0 Å². The van der Waals surface area contributed by atoms with E-state index in [0.29, 0.717) is 6.04 Å². The number of anilines is 2. The van der Waals surface area contributed by atoms with Gasteiger partial charge in [0.2, 0.25) is 0 Å². The van der Waals surface area contributed by atoms with Gasteiger partial charge in [-0.2, -0.15) is 0 Å². The van der Waals surface area contributed by atoms with E-state index in [1.807, 2.05) is 6.07 Å². The Morgan fingerprint density at radius 2 is 2.50 bits per heavy atom. The zero-order chi connectivity index (χ0) is 11.4. The van der Waals surface area contributed by atoms with Crippen molar-refractivity contribution in [3.8, 4) is 0 Å². The van der Waals surface area contributed by atoms with E-state index in [-0.39, 0.29) is 0 Å². The molecule has 1 aliphatic rings. The smallest absolute Gasteiger partial charge is 0.127 e. The van der Waals surface area contributed by atoms with E-state index >= 15 is 0 Å². The number of pyridine rings is 1. The number of likely N-dealkylation sites (N-methyl/N-ethyl adjacent to an activating group) is 1. The zero-order valence-corrected chi connectivity index (χ0v) is 9.82. The van der Waals surface area contributed by atoms with Crippen molar-refractivity contribution in [2.24, 2.45) is 0 Å². The average Bonchev–Trinajstić information content (AvgIpc) is 2.74. The van der Waals surface area contributed by atoms with Gasteiger partial charge in [0, 0.05) is 30.5 Å². The van der Waals surface area contributed by atoms with E-state index in [2.05, 4.69) is 22.1 Å². The minimum Gasteiger partial charge on any atom is -0.399 e. The van der Waals surface area contributed by atoms with Crippen LogP contribution in [-0.2, 0) is 0 Å². The maximum Gasteiger partial charge on any atom is 0.127 e. The highest BCUT2D eigenvalue weighted by molar-refractivity contribution is 5.48. The first kappa shape index (κ1) is 11.2. The van der Waals surface area contributed by atoms with Gasteiger partial charge in [0.05, 0.1) is 0 Å². The number of nitrogen functional groups attached to an aromatic ring is 1. The van der Waals surface area contributed by atoms with Gasteiger partial charge in [-0.3, -0.25) is 4.90 Å². The lowest BCUT2D eigenvalue weighted by molar-refractivity contribution is 0.277. The summed E-state index contributed by atoms with van der Waals surface area (Å²) < 4.78 is 0. The quantitative estimate of drug-likeness (QED) is 0.808. The Hall–Kier alpha value is -1.29. The molecular weight excluding hydrogens is 200 g/mol. The van der Waals surface area contributed by atoms with Crippen LogP contribution in [0.25, 0.3) is 0 Å². The van der Waals surface area contributed by atoms with E-state index in [1.54, 1.807) is 12.3 Å². The number of aromatic nitrogens is 1. The molecule has 1 aromatic heterocycles. The number of nitrogens with one attached hydrogen (secondary N) is 1. The van der Waals surface area contributed by atoms with Crippen LogP contribution in [0.15, 0.2) is 18.3 Å². The molecular formula is C12H20N4. The van der Waals surface area contributed by atoms with E-state index in [1.165, 1.54) is 19.4 Å². The summed E-state index contributed by atoms with van der Waals surface area (Å²) in [6.07, 6.45) is 4.33. The van der Waals surface area contributed by atoms with E-state index in [4.69, 9.17) is 5.73 Å². The maximum absolute atomic E-state index is 5.71. The summed E-state index contributed by atoms with van der Waals surface area (Å²) in [4.78, 5) is 6.75. The molecule has 3 N–H and O–H groups in total. The normalized spacial score (nSPS) is 21.2. The van der Waals surface area contributed by atoms with Crippen LogP contribution >= 0.6 is 0 Å². The molecule has 88 valence electrons. The molecule has 0 aromatic carbocycles. The monoisotopic (exact) mass is 220 g/mol. The summed E-state index contributed by atoms with van der Waals surface area (Å²) in [6, 6.07) is 4.33. The first-order chi connectivity index (χ1) is 7.79. The summed E-state index contributed by atoms with van der Waals surface area (Å²) in [7, 11) is 0. The number of hydrogen-bond donors (Lipinski definition) is 2. The molecule has 1 aliphatic heterocycles. The van der Waals surface area contributed by atoms with Crippen molar-refractivity contribution in [2.75, 3.05) is 30.7 Å². The molecule has 2 rings (SSSR count). The second kappa shape index (κ2) is 5.16. The van der Waals surface area contributed by atoms with Crippen molar-refractivity contribution in [3.05, 3.63) is 18.3 Å². The minimum atomic E-state index is 0.647. The minimum absolute atomic E-state index is 0.647. The lowest BCUT2D eigenvalue weighted by Crippen LogP contribution is -2.34. The fourth-order valence-electron chi connectivity index (χ4n) is 2.31. The largest absolute Gasteiger partial charge is 0.399 e. The molecule has 0 aliphatic carbocycles. The van der Waals surface area contributed by atoms with Crippen molar-refractivity contribution >= 4 is 11.5 Å². The molecule has 16 heavy (non-hydrogen) atoms. The van der Waals surface area contributed by atoms with Gasteiger partial charge in [0.15, 0.2) is 0 Å². The summed E-state index contributed by atoms with van der Waals surface area (Å²) in [6.45, 7) is 5.55. The number of hydrogen-bond acceptors (Lipinski definition) is 4. The molecule has 2 heterocycles. The van der Waals surface area contributed by atoms with E-state index in [0.717, 1.165) is 24.6 Å². The summed E-state index contributed by atoms with van der Waals surface area (Å²) >= 11 is 0. The Labute approximate surface area is 96.8 Å². The van der Waals surface area contributed by atoms with Crippen LogP contribution in [0.5, 0.6) is 0 Å². The highest BCUT2D eigenvalue weighted by Crippen LogP contribution is 2.17. The Bertz CT molecular complexity index is 340. The van der Waals surface area contributed by atoms with Crippen LogP contribution in [0.3, 0.4) is 0 Å². The van der Waals surface area contributed by atoms with Crippen LogP contribution in [-0.4, -0.2) is 35.6 Å². The predicted molar refractivity (Wildman–Crippen MR) is 67.4 cm³/mol. The number of likely N-dealkylation sites (tertiary alicyclic amines) is 1. The molecule has 0 radical (unpaired) electrons. The van der Waals surface area contributed by atoms with Gasteiger partial charge in [0.25, 0.3) is 0 Å². The van der Waals surface area contributed by atoms with Gasteiger partial charge in [-0.25, -0.2) is 4.98 Å². The molecule has 1 unspecified atom stereocenters. The molecule has 1 saturated heterocycles. The number of rotatable bonds is 4. The first-order valence-corrected chi connectivity index (χ1v) is 5.99. The van der Waals surface area contributed by atoms with Crippen molar-refractivity contribution < 1.29 is 0 Å². The molecule has 0 saturated carbocycles. The molecule has 0 spiro atoms. The Morgan fingerprint density at radius 3 is 3.25 bits per heavy atom. The maximum atomic E-state index is 5.71. The number of nitrogens with two attached hydrogens (primary N) is 1. The van der Waals surface area contributed by atoms with Crippen LogP contribution in [0.4, 0.5) is 11.5 Å². The van der Waals surface area contributed by atoms with Crippen LogP contribution in [0.1, 0.15) is 19.8 Å². The van der Waals surface area contributed by atoms with Crippen molar-refractivity contribution in [2.45, 2.75) is 25.8 Å². The molecule has 1 aromatic rings. The van der Waals surface area contributed by atoms with Gasteiger partial charge in [0.1, 0.15) is 5.82 Å². The molecule has 1 fully saturated rings. The third-order valence-corrected chi connectivity index (χ3v) is 3.21. The predicted octanol–water partition coefficient (Wildman–Crippen LogP) is 1.56. The Kier molecular flexibility index (Phi) is 3.62. The van der Waals surface area contributed by atoms with Gasteiger partial charge in [-0.05, 0) is 32.0 Å². The molecule has 1 atom stereocenters. The van der Waals surface area contributed by atoms with Crippen molar-refractivity contribution in [1.29, 1.82) is 0 Å². The molecule has 4 heteroatoms. The van der Waals surface area contributed by atoms with Crippen LogP contribution < -0.4 is 11.1 Å². The fourth-order valence-corrected chi connectivity index (χ4v) is 2.31. The van der Waals surface area contributed by atoms with Gasteiger partial charge < -0.3 is 11.1 Å². The summed E-state index contributed by atoms with van der Waals surface area (Å²) in [5.74, 6) is 0.878. The molecule has 0 amide bonds. The Balaban J connectivity index is 1.87. The topological polar surface area (TPSA) is 54.2 Å². The molecule has 0 bridgehead atoms. The average molecular weight is 220 g/mol. The van der Waals surface area contributed by atoms with E-state index < -0.39 is 0 Å². The summed E-state index contributed by atoms with van der Waals surface area (Å²) in [5, 5.41) is 3.36. The van der Waals surface area contributed by atoms with Crippen molar-refractivity contribution in [3.63, 3.8) is 0 Å². The van der Waals surface area contributed by atoms with Gasteiger partial charge >= 0.3 is 0 Å². The highest BCUT2D eigenvalue weighted by atomic mass is 15.2. The lowest BCUT2D eigenvalue weighted by atomic mass is 10.2. The Morgan fingerprint density at radius 1 is 1.62 bits per heavy atom. The third kappa shape index (κ3) is 2.64. The second-order valence-electron chi connectivity index (χ2n) is 4.28. The van der Waals surface area contributed by atoms with Crippen molar-refractivity contribution in [1.82, 2.24) is 9.88 Å². The SMILES string of the molecule is CCN1CCCC1CNc1cc(N)ccn1. The van der Waals surface area contributed by atoms with Crippen LogP contribution in [0.2, 0.25) is 0 Å². The fraction of sp³-hybridized carbons (Fsp3) is 0.583.